The van der Waals surface area contributed by atoms with Crippen molar-refractivity contribution in [3.63, 3.8) is 0 Å². The third-order valence-corrected chi connectivity index (χ3v) is 6.55. The second kappa shape index (κ2) is 10.4. The van der Waals surface area contributed by atoms with E-state index in [4.69, 9.17) is 23.2 Å². The first kappa shape index (κ1) is 23.9. The highest BCUT2D eigenvalue weighted by Gasteiger charge is 2.32. The van der Waals surface area contributed by atoms with Gasteiger partial charge in [0, 0.05) is 35.3 Å². The molecule has 0 fully saturated rings. The lowest BCUT2D eigenvalue weighted by Gasteiger charge is -2.19. The van der Waals surface area contributed by atoms with Gasteiger partial charge in [0.1, 0.15) is 21.5 Å². The zero-order valence-electron chi connectivity index (χ0n) is 18.3. The summed E-state index contributed by atoms with van der Waals surface area (Å²) in [6.45, 7) is 1.00. The molecule has 0 aliphatic heterocycles. The third kappa shape index (κ3) is 4.56. The summed E-state index contributed by atoms with van der Waals surface area (Å²) in [4.78, 5) is 50.1. The zero-order chi connectivity index (χ0) is 24.2. The molecule has 0 heterocycles. The largest absolute Gasteiger partial charge is 0.381 e. The first-order valence-electron chi connectivity index (χ1n) is 11.1. The van der Waals surface area contributed by atoms with Gasteiger partial charge in [-0.15, -0.1) is 0 Å². The van der Waals surface area contributed by atoms with E-state index in [1.807, 2.05) is 0 Å². The Labute approximate surface area is 207 Å². The van der Waals surface area contributed by atoms with Gasteiger partial charge in [0.15, 0.2) is 0 Å². The number of ketones is 4. The van der Waals surface area contributed by atoms with Gasteiger partial charge in [-0.25, -0.2) is 0 Å². The molecule has 0 aromatic heterocycles. The van der Waals surface area contributed by atoms with Crippen LogP contribution in [0.2, 0.25) is 0 Å². The topological polar surface area (TPSA) is 92.3 Å². The summed E-state index contributed by atoms with van der Waals surface area (Å²) in [5, 5.41) is 5.88. The van der Waals surface area contributed by atoms with E-state index in [-0.39, 0.29) is 44.6 Å². The maximum absolute atomic E-state index is 12.6. The molecule has 8 heteroatoms. The molecule has 4 rings (SSSR count). The Morgan fingerprint density at radius 2 is 0.824 bits per heavy atom. The number of rotatable bonds is 9. The minimum absolute atomic E-state index is 0.0775. The number of allylic oxidation sites excluding steroid dienone is 4. The van der Waals surface area contributed by atoms with Gasteiger partial charge in [-0.05, 0) is 12.8 Å². The minimum Gasteiger partial charge on any atom is -0.381 e. The van der Waals surface area contributed by atoms with Gasteiger partial charge in [0.2, 0.25) is 23.1 Å². The van der Waals surface area contributed by atoms with E-state index in [1.165, 1.54) is 0 Å². The van der Waals surface area contributed by atoms with Crippen LogP contribution in [-0.4, -0.2) is 36.2 Å². The van der Waals surface area contributed by atoms with Gasteiger partial charge < -0.3 is 10.6 Å². The van der Waals surface area contributed by atoms with Crippen molar-refractivity contribution < 1.29 is 19.2 Å². The van der Waals surface area contributed by atoms with Gasteiger partial charge in [-0.1, -0.05) is 84.6 Å². The van der Waals surface area contributed by atoms with Crippen LogP contribution in [0.1, 0.15) is 67.1 Å². The molecular formula is C26H22Cl2N2O4. The number of fused-ring (bicyclic) bond motifs is 2. The Kier molecular flexibility index (Phi) is 7.29. The Hall–Kier alpha value is -3.22. The highest BCUT2D eigenvalue weighted by Crippen LogP contribution is 2.28. The molecule has 0 unspecified atom stereocenters. The van der Waals surface area contributed by atoms with Gasteiger partial charge in [-0.2, -0.15) is 0 Å². The van der Waals surface area contributed by atoms with Crippen LogP contribution in [0.4, 0.5) is 0 Å². The van der Waals surface area contributed by atoms with Crippen molar-refractivity contribution in [1.29, 1.82) is 0 Å². The molecule has 2 aromatic rings. The number of hydrogen-bond acceptors (Lipinski definition) is 6. The first-order chi connectivity index (χ1) is 16.4. The summed E-state index contributed by atoms with van der Waals surface area (Å²) >= 11 is 12.3. The Morgan fingerprint density at radius 1 is 0.500 bits per heavy atom. The standard InChI is InChI=1S/C26H22Cl2N2O4/c27-19-21(25(33)17-11-5-3-9-15(17)23(19)31)29-13-7-1-2-8-14-30-22-20(28)24(32)16-10-4-6-12-18(16)26(22)34/h3-6,9-12,29-30H,1-2,7-8,13-14H2. The van der Waals surface area contributed by atoms with Crippen molar-refractivity contribution in [2.24, 2.45) is 0 Å². The molecule has 0 radical (unpaired) electrons. The molecule has 2 aromatic carbocycles. The molecule has 6 nitrogen and oxygen atoms in total. The average Bonchev–Trinajstić information content (AvgIpc) is 2.86. The molecule has 0 saturated heterocycles. The molecule has 0 spiro atoms. The van der Waals surface area contributed by atoms with Gasteiger partial charge >= 0.3 is 0 Å². The normalized spacial score (nSPS) is 15.5. The number of Topliss-reactive ketones (excluding diaryl/α,β-unsaturated/α-hetero) is 4. The van der Waals surface area contributed by atoms with Crippen molar-refractivity contribution >= 4 is 46.3 Å². The van der Waals surface area contributed by atoms with Gasteiger partial charge in [0.05, 0.1) is 0 Å². The van der Waals surface area contributed by atoms with E-state index in [0.717, 1.165) is 25.7 Å². The summed E-state index contributed by atoms with van der Waals surface area (Å²) in [6.07, 6.45) is 3.26. The molecule has 0 saturated carbocycles. The lowest BCUT2D eigenvalue weighted by molar-refractivity contribution is 0.0974. The van der Waals surface area contributed by atoms with Crippen LogP contribution in [0, 0.1) is 0 Å². The number of nitrogens with one attached hydrogen (secondary N) is 2. The SMILES string of the molecule is O=C1C(Cl)=C(NCCCCCCNC2=C(Cl)C(=O)c3ccccc3C2=O)C(=O)c2ccccc21. The second-order valence-electron chi connectivity index (χ2n) is 8.05. The van der Waals surface area contributed by atoms with E-state index in [0.29, 0.717) is 35.3 Å². The van der Waals surface area contributed by atoms with Crippen molar-refractivity contribution in [3.05, 3.63) is 92.2 Å². The maximum Gasteiger partial charge on any atom is 0.211 e. The molecule has 34 heavy (non-hydrogen) atoms. The summed E-state index contributed by atoms with van der Waals surface area (Å²) in [5.74, 6) is -1.25. The predicted octanol–water partition coefficient (Wildman–Crippen LogP) is 4.79. The van der Waals surface area contributed by atoms with Crippen molar-refractivity contribution in [2.45, 2.75) is 25.7 Å². The van der Waals surface area contributed by atoms with Crippen molar-refractivity contribution in [3.8, 4) is 0 Å². The van der Waals surface area contributed by atoms with Crippen LogP contribution < -0.4 is 10.6 Å². The highest BCUT2D eigenvalue weighted by atomic mass is 35.5. The van der Waals surface area contributed by atoms with Gasteiger partial charge in [-0.3, -0.25) is 19.2 Å². The van der Waals surface area contributed by atoms with E-state index >= 15 is 0 Å². The maximum atomic E-state index is 12.6. The highest BCUT2D eigenvalue weighted by molar-refractivity contribution is 6.50. The summed E-state index contributed by atoms with van der Waals surface area (Å²) in [5.41, 5.74) is 1.66. The third-order valence-electron chi connectivity index (χ3n) is 5.83. The molecule has 2 aliphatic rings. The fraction of sp³-hybridized carbons (Fsp3) is 0.231. The average molecular weight is 497 g/mol. The number of carbonyl (C=O) groups is 4. The Balaban J connectivity index is 1.21. The predicted molar refractivity (Wildman–Crippen MR) is 130 cm³/mol. The van der Waals surface area contributed by atoms with Crippen LogP contribution in [0.3, 0.4) is 0 Å². The second-order valence-corrected chi connectivity index (χ2v) is 8.81. The number of unbranched alkanes of at least 4 members (excludes halogenated alkanes) is 3. The number of benzene rings is 2. The lowest BCUT2D eigenvalue weighted by atomic mass is 9.92. The minimum atomic E-state index is -0.350. The lowest BCUT2D eigenvalue weighted by Crippen LogP contribution is -2.30. The Bertz CT molecular complexity index is 1170. The Morgan fingerprint density at radius 3 is 1.18 bits per heavy atom. The van der Waals surface area contributed by atoms with E-state index < -0.39 is 0 Å². The molecule has 2 N–H and O–H groups in total. The smallest absolute Gasteiger partial charge is 0.211 e. The molecular weight excluding hydrogens is 475 g/mol. The molecule has 0 atom stereocenters. The number of carbonyl (C=O) groups excluding carboxylic acids is 4. The monoisotopic (exact) mass is 496 g/mol. The summed E-state index contributed by atoms with van der Waals surface area (Å²) < 4.78 is 0. The fourth-order valence-electron chi connectivity index (χ4n) is 4.04. The van der Waals surface area contributed by atoms with Crippen molar-refractivity contribution in [1.82, 2.24) is 10.6 Å². The number of halogens is 2. The van der Waals surface area contributed by atoms with Crippen LogP contribution in [0.25, 0.3) is 0 Å². The fourth-order valence-corrected chi connectivity index (χ4v) is 4.55. The molecule has 174 valence electrons. The summed E-state index contributed by atoms with van der Waals surface area (Å²) in [7, 11) is 0. The van der Waals surface area contributed by atoms with Crippen LogP contribution in [-0.2, 0) is 0 Å². The van der Waals surface area contributed by atoms with E-state index in [1.54, 1.807) is 48.5 Å². The van der Waals surface area contributed by atoms with Crippen molar-refractivity contribution in [2.75, 3.05) is 13.1 Å². The van der Waals surface area contributed by atoms with Gasteiger partial charge in [0.25, 0.3) is 0 Å². The zero-order valence-corrected chi connectivity index (χ0v) is 19.8. The molecule has 2 aliphatic carbocycles. The quantitative estimate of drug-likeness (QED) is 0.485. The van der Waals surface area contributed by atoms with E-state index in [9.17, 15) is 19.2 Å². The van der Waals surface area contributed by atoms with Crippen LogP contribution in [0.5, 0.6) is 0 Å². The summed E-state index contributed by atoms with van der Waals surface area (Å²) in [6, 6.07) is 13.3. The van der Waals surface area contributed by atoms with E-state index in [2.05, 4.69) is 10.6 Å². The molecule has 0 amide bonds. The number of hydrogen-bond donors (Lipinski definition) is 2. The van der Waals surface area contributed by atoms with Crippen LogP contribution >= 0.6 is 23.2 Å². The van der Waals surface area contributed by atoms with Crippen LogP contribution in [0.15, 0.2) is 70.0 Å². The molecule has 0 bridgehead atoms. The first-order valence-corrected chi connectivity index (χ1v) is 11.8.